The molecule has 0 unspecified atom stereocenters. The Bertz CT molecular complexity index is 730. The number of likely N-dealkylation sites (tertiary alicyclic amines) is 1. The molecular formula is C17H17BrN2O2S. The van der Waals surface area contributed by atoms with Gasteiger partial charge >= 0.3 is 0 Å². The highest BCUT2D eigenvalue weighted by molar-refractivity contribution is 9.10. The highest BCUT2D eigenvalue weighted by Gasteiger charge is 2.35. The van der Waals surface area contributed by atoms with E-state index in [0.29, 0.717) is 17.8 Å². The standard InChI is InChI=1S/C17H17BrN2O2S/c1-11-10-12(18)6-7-13(11)19-16(21)14-4-2-8-20(14)17(22)15-5-3-9-23-15/h3,5-7,9-10,14H,2,4,8H2,1H3,(H,19,21)/t14-/m0/s1. The van der Waals surface area contributed by atoms with Crippen LogP contribution in [0.4, 0.5) is 5.69 Å². The topological polar surface area (TPSA) is 49.4 Å². The van der Waals surface area contributed by atoms with Crippen LogP contribution < -0.4 is 5.32 Å². The van der Waals surface area contributed by atoms with Crippen LogP contribution in [0.5, 0.6) is 0 Å². The molecule has 1 aromatic heterocycles. The molecule has 6 heteroatoms. The fraction of sp³-hybridized carbons (Fsp3) is 0.294. The third-order valence-corrected chi connectivity index (χ3v) is 5.35. The predicted molar refractivity (Wildman–Crippen MR) is 95.9 cm³/mol. The third-order valence-electron chi connectivity index (χ3n) is 3.99. The molecule has 1 saturated heterocycles. The summed E-state index contributed by atoms with van der Waals surface area (Å²) in [5.41, 5.74) is 1.77. The monoisotopic (exact) mass is 392 g/mol. The van der Waals surface area contributed by atoms with Crippen LogP contribution in [0, 0.1) is 6.92 Å². The molecule has 1 fully saturated rings. The summed E-state index contributed by atoms with van der Waals surface area (Å²) in [4.78, 5) is 27.5. The molecule has 0 saturated carbocycles. The summed E-state index contributed by atoms with van der Waals surface area (Å²) in [7, 11) is 0. The number of amides is 2. The van der Waals surface area contributed by atoms with Crippen molar-refractivity contribution in [2.45, 2.75) is 25.8 Å². The Morgan fingerprint density at radius 1 is 1.35 bits per heavy atom. The average molecular weight is 393 g/mol. The van der Waals surface area contributed by atoms with Crippen molar-refractivity contribution in [1.29, 1.82) is 0 Å². The fourth-order valence-corrected chi connectivity index (χ4v) is 3.96. The molecule has 0 bridgehead atoms. The van der Waals surface area contributed by atoms with E-state index in [1.54, 1.807) is 11.0 Å². The predicted octanol–water partition coefficient (Wildman–Crippen LogP) is 4.06. The van der Waals surface area contributed by atoms with E-state index in [9.17, 15) is 9.59 Å². The van der Waals surface area contributed by atoms with E-state index in [0.717, 1.165) is 22.1 Å². The SMILES string of the molecule is Cc1cc(Br)ccc1NC(=O)[C@@H]1CCCN1C(=O)c1cccs1. The van der Waals surface area contributed by atoms with Crippen LogP contribution in [0.3, 0.4) is 0 Å². The molecule has 1 aliphatic rings. The largest absolute Gasteiger partial charge is 0.326 e. The number of halogens is 1. The van der Waals surface area contributed by atoms with Crippen LogP contribution in [-0.2, 0) is 4.79 Å². The Hall–Kier alpha value is -1.66. The maximum absolute atomic E-state index is 12.6. The molecule has 23 heavy (non-hydrogen) atoms. The van der Waals surface area contributed by atoms with Gasteiger partial charge < -0.3 is 10.2 Å². The number of thiophene rings is 1. The zero-order valence-electron chi connectivity index (χ0n) is 12.7. The number of hydrogen-bond acceptors (Lipinski definition) is 3. The van der Waals surface area contributed by atoms with Gasteiger partial charge in [0.2, 0.25) is 5.91 Å². The molecule has 3 rings (SSSR count). The summed E-state index contributed by atoms with van der Waals surface area (Å²) < 4.78 is 0.975. The summed E-state index contributed by atoms with van der Waals surface area (Å²) >= 11 is 4.83. The van der Waals surface area contributed by atoms with E-state index >= 15 is 0 Å². The number of nitrogens with zero attached hydrogens (tertiary/aromatic N) is 1. The normalized spacial score (nSPS) is 17.3. The minimum Gasteiger partial charge on any atom is -0.326 e. The zero-order valence-corrected chi connectivity index (χ0v) is 15.1. The first kappa shape index (κ1) is 16.2. The van der Waals surface area contributed by atoms with Crippen molar-refractivity contribution >= 4 is 44.8 Å². The number of carbonyl (C=O) groups excluding carboxylic acids is 2. The fourth-order valence-electron chi connectivity index (χ4n) is 2.81. The molecule has 1 aromatic carbocycles. The van der Waals surface area contributed by atoms with Crippen LogP contribution in [0.1, 0.15) is 28.1 Å². The number of carbonyl (C=O) groups is 2. The summed E-state index contributed by atoms with van der Waals surface area (Å²) in [6.45, 7) is 2.58. The van der Waals surface area contributed by atoms with Crippen molar-refractivity contribution in [1.82, 2.24) is 4.90 Å². The van der Waals surface area contributed by atoms with Gasteiger partial charge in [-0.25, -0.2) is 0 Å². The Morgan fingerprint density at radius 3 is 2.87 bits per heavy atom. The number of benzene rings is 1. The number of anilines is 1. The minimum atomic E-state index is -0.396. The average Bonchev–Trinajstić information content (AvgIpc) is 3.20. The second kappa shape index (κ2) is 6.84. The number of nitrogens with one attached hydrogen (secondary N) is 1. The first-order valence-corrected chi connectivity index (χ1v) is 9.15. The summed E-state index contributed by atoms with van der Waals surface area (Å²) in [5, 5.41) is 4.84. The van der Waals surface area contributed by atoms with Crippen LogP contribution in [0.25, 0.3) is 0 Å². The molecule has 1 N–H and O–H groups in total. The Labute approximate surface area is 147 Å². The molecule has 1 aliphatic heterocycles. The number of aryl methyl sites for hydroxylation is 1. The van der Waals surface area contributed by atoms with Crippen LogP contribution in [0.15, 0.2) is 40.2 Å². The molecule has 4 nitrogen and oxygen atoms in total. The number of rotatable bonds is 3. The van der Waals surface area contributed by atoms with Gasteiger partial charge in [-0.3, -0.25) is 9.59 Å². The van der Waals surface area contributed by atoms with Gasteiger partial charge in [0.1, 0.15) is 6.04 Å². The van der Waals surface area contributed by atoms with Crippen molar-refractivity contribution in [3.05, 3.63) is 50.6 Å². The second-order valence-electron chi connectivity index (χ2n) is 5.58. The Kier molecular flexibility index (Phi) is 4.82. The van der Waals surface area contributed by atoms with E-state index in [1.807, 2.05) is 36.6 Å². The maximum Gasteiger partial charge on any atom is 0.264 e. The van der Waals surface area contributed by atoms with Crippen LogP contribution >= 0.6 is 27.3 Å². The highest BCUT2D eigenvalue weighted by Crippen LogP contribution is 2.25. The van der Waals surface area contributed by atoms with Crippen molar-refractivity contribution in [3.63, 3.8) is 0 Å². The molecule has 2 aromatic rings. The van der Waals surface area contributed by atoms with Gasteiger partial charge in [-0.2, -0.15) is 0 Å². The van der Waals surface area contributed by atoms with E-state index in [-0.39, 0.29) is 11.8 Å². The lowest BCUT2D eigenvalue weighted by atomic mass is 10.1. The lowest BCUT2D eigenvalue weighted by Crippen LogP contribution is -2.43. The molecule has 120 valence electrons. The van der Waals surface area contributed by atoms with E-state index in [4.69, 9.17) is 0 Å². The molecular weight excluding hydrogens is 376 g/mol. The lowest BCUT2D eigenvalue weighted by Gasteiger charge is -2.23. The smallest absolute Gasteiger partial charge is 0.264 e. The van der Waals surface area contributed by atoms with E-state index in [1.165, 1.54) is 11.3 Å². The van der Waals surface area contributed by atoms with Gasteiger partial charge in [0.05, 0.1) is 4.88 Å². The molecule has 2 amide bonds. The quantitative estimate of drug-likeness (QED) is 0.855. The molecule has 1 atom stereocenters. The minimum absolute atomic E-state index is 0.0508. The number of hydrogen-bond donors (Lipinski definition) is 1. The first-order chi connectivity index (χ1) is 11.1. The van der Waals surface area contributed by atoms with Gasteiger partial charge in [-0.1, -0.05) is 22.0 Å². The molecule has 0 spiro atoms. The Morgan fingerprint density at radius 2 is 2.17 bits per heavy atom. The van der Waals surface area contributed by atoms with Crippen molar-refractivity contribution in [2.24, 2.45) is 0 Å². The second-order valence-corrected chi connectivity index (χ2v) is 7.45. The molecule has 2 heterocycles. The van der Waals surface area contributed by atoms with Gasteiger partial charge in [-0.05, 0) is 55.0 Å². The summed E-state index contributed by atoms with van der Waals surface area (Å²) in [5.74, 6) is -0.164. The van der Waals surface area contributed by atoms with Crippen molar-refractivity contribution in [2.75, 3.05) is 11.9 Å². The molecule has 0 radical (unpaired) electrons. The van der Waals surface area contributed by atoms with Crippen LogP contribution in [-0.4, -0.2) is 29.3 Å². The van der Waals surface area contributed by atoms with E-state index < -0.39 is 6.04 Å². The summed E-state index contributed by atoms with van der Waals surface area (Å²) in [6.07, 6.45) is 1.56. The van der Waals surface area contributed by atoms with Gasteiger partial charge in [0.15, 0.2) is 0 Å². The van der Waals surface area contributed by atoms with Gasteiger partial charge in [0, 0.05) is 16.7 Å². The lowest BCUT2D eigenvalue weighted by molar-refractivity contribution is -0.119. The highest BCUT2D eigenvalue weighted by atomic mass is 79.9. The molecule has 0 aliphatic carbocycles. The van der Waals surface area contributed by atoms with Gasteiger partial charge in [0.25, 0.3) is 5.91 Å². The van der Waals surface area contributed by atoms with E-state index in [2.05, 4.69) is 21.2 Å². The maximum atomic E-state index is 12.6. The Balaban J connectivity index is 1.74. The van der Waals surface area contributed by atoms with Crippen molar-refractivity contribution in [3.8, 4) is 0 Å². The first-order valence-electron chi connectivity index (χ1n) is 7.48. The van der Waals surface area contributed by atoms with Gasteiger partial charge in [-0.15, -0.1) is 11.3 Å². The zero-order chi connectivity index (χ0) is 16.4. The van der Waals surface area contributed by atoms with Crippen molar-refractivity contribution < 1.29 is 9.59 Å². The third kappa shape index (κ3) is 3.48. The summed E-state index contributed by atoms with van der Waals surface area (Å²) in [6, 6.07) is 8.99. The van der Waals surface area contributed by atoms with Crippen LogP contribution in [0.2, 0.25) is 0 Å².